The van der Waals surface area contributed by atoms with Crippen LogP contribution in [0, 0.1) is 0 Å². The van der Waals surface area contributed by atoms with Gasteiger partial charge in [0, 0.05) is 56.2 Å². The molecule has 0 saturated carbocycles. The lowest BCUT2D eigenvalue weighted by atomic mass is 9.85. The lowest BCUT2D eigenvalue weighted by Crippen LogP contribution is -2.17. The molecular formula is C48H33NO2. The largest absolute Gasteiger partial charge is 0.456 e. The Bertz CT molecular complexity index is 2780. The third-order valence-corrected chi connectivity index (χ3v) is 10.2. The molecule has 3 heteroatoms. The molecule has 51 heavy (non-hydrogen) atoms. The lowest BCUT2D eigenvalue weighted by molar-refractivity contribution is 0.669. The molecule has 0 spiro atoms. The van der Waals surface area contributed by atoms with E-state index in [-0.39, 0.29) is 5.92 Å². The molecule has 0 amide bonds. The van der Waals surface area contributed by atoms with Crippen molar-refractivity contribution in [3.63, 3.8) is 0 Å². The summed E-state index contributed by atoms with van der Waals surface area (Å²) in [5.74, 6) is 0.213. The van der Waals surface area contributed by atoms with E-state index in [0.717, 1.165) is 72.9 Å². The zero-order chi connectivity index (χ0) is 33.7. The quantitative estimate of drug-likeness (QED) is 0.179. The molecule has 3 nitrogen and oxygen atoms in total. The third-order valence-electron chi connectivity index (χ3n) is 10.2. The van der Waals surface area contributed by atoms with Gasteiger partial charge in [0.1, 0.15) is 22.3 Å². The normalized spacial score (nSPS) is 14.4. The average Bonchev–Trinajstić information content (AvgIpc) is 3.77. The average molecular weight is 656 g/mol. The molecule has 1 aliphatic carbocycles. The number of fused-ring (bicyclic) bond motifs is 6. The van der Waals surface area contributed by atoms with E-state index in [1.54, 1.807) is 0 Å². The fraction of sp³-hybridized carbons (Fsp3) is 0.0417. The Hall–Kier alpha value is -6.58. The Labute approximate surface area is 296 Å². The Kier molecular flexibility index (Phi) is 6.95. The highest BCUT2D eigenvalue weighted by Gasteiger charge is 2.22. The summed E-state index contributed by atoms with van der Waals surface area (Å²) in [7, 11) is 0. The Morgan fingerprint density at radius 3 is 1.90 bits per heavy atom. The van der Waals surface area contributed by atoms with E-state index < -0.39 is 0 Å². The first-order chi connectivity index (χ1) is 25.3. The zero-order valence-corrected chi connectivity index (χ0v) is 27.9. The lowest BCUT2D eigenvalue weighted by Gasteiger charge is -2.29. The minimum Gasteiger partial charge on any atom is -0.456 e. The van der Waals surface area contributed by atoms with Crippen molar-refractivity contribution in [3.8, 4) is 22.3 Å². The fourth-order valence-electron chi connectivity index (χ4n) is 7.76. The van der Waals surface area contributed by atoms with Crippen molar-refractivity contribution in [2.45, 2.75) is 12.3 Å². The molecular weight excluding hydrogens is 623 g/mol. The highest BCUT2D eigenvalue weighted by molar-refractivity contribution is 6.10. The Morgan fingerprint density at radius 2 is 1.10 bits per heavy atom. The van der Waals surface area contributed by atoms with Crippen LogP contribution in [0.5, 0.6) is 0 Å². The summed E-state index contributed by atoms with van der Waals surface area (Å²) in [4.78, 5) is 2.34. The number of furan rings is 2. The number of anilines is 2. The van der Waals surface area contributed by atoms with Crippen molar-refractivity contribution in [1.29, 1.82) is 0 Å². The summed E-state index contributed by atoms with van der Waals surface area (Å²) in [6, 6.07) is 57.8. The predicted molar refractivity (Wildman–Crippen MR) is 211 cm³/mol. The molecule has 0 saturated heterocycles. The number of hydrogen-bond donors (Lipinski definition) is 0. The van der Waals surface area contributed by atoms with Crippen LogP contribution in [-0.2, 0) is 0 Å². The maximum absolute atomic E-state index is 6.47. The SMILES string of the molecule is C1=CC(c2ccccc2-c2cccc3c2oc2ccccc23)CC=C1N(c1ccc(-c2ccccc2)cc1)c1ccc2c(c1)oc1ccccc12. The molecule has 7 aromatic carbocycles. The van der Waals surface area contributed by atoms with Crippen LogP contribution in [0.3, 0.4) is 0 Å². The van der Waals surface area contributed by atoms with Crippen molar-refractivity contribution in [1.82, 2.24) is 0 Å². The molecule has 2 heterocycles. The molecule has 0 radical (unpaired) electrons. The molecule has 9 aromatic rings. The van der Waals surface area contributed by atoms with E-state index in [9.17, 15) is 0 Å². The minimum atomic E-state index is 0.213. The van der Waals surface area contributed by atoms with Crippen LogP contribution in [0.15, 0.2) is 197 Å². The highest BCUT2D eigenvalue weighted by Crippen LogP contribution is 2.42. The van der Waals surface area contributed by atoms with Gasteiger partial charge in [0.2, 0.25) is 0 Å². The van der Waals surface area contributed by atoms with Gasteiger partial charge in [0.15, 0.2) is 0 Å². The van der Waals surface area contributed by atoms with Crippen LogP contribution in [0.25, 0.3) is 66.1 Å². The van der Waals surface area contributed by atoms with Crippen LogP contribution in [0.1, 0.15) is 17.9 Å². The van der Waals surface area contributed by atoms with Crippen LogP contribution in [0.2, 0.25) is 0 Å². The number of nitrogens with zero attached hydrogens (tertiary/aromatic N) is 1. The first-order valence-electron chi connectivity index (χ1n) is 17.5. The van der Waals surface area contributed by atoms with Crippen LogP contribution in [-0.4, -0.2) is 0 Å². The number of rotatable bonds is 6. The van der Waals surface area contributed by atoms with Crippen LogP contribution in [0.4, 0.5) is 11.4 Å². The van der Waals surface area contributed by atoms with Crippen molar-refractivity contribution in [2.24, 2.45) is 0 Å². The molecule has 10 rings (SSSR count). The summed E-state index contributed by atoms with van der Waals surface area (Å²) in [5, 5.41) is 4.55. The van der Waals surface area contributed by atoms with E-state index in [1.807, 2.05) is 24.3 Å². The van der Waals surface area contributed by atoms with Gasteiger partial charge >= 0.3 is 0 Å². The Balaban J connectivity index is 1.04. The van der Waals surface area contributed by atoms with Crippen LogP contribution >= 0.6 is 0 Å². The number of benzene rings is 7. The Morgan fingerprint density at radius 1 is 0.471 bits per heavy atom. The number of hydrogen-bond acceptors (Lipinski definition) is 3. The van der Waals surface area contributed by atoms with Crippen molar-refractivity contribution < 1.29 is 8.83 Å². The molecule has 1 atom stereocenters. The second-order valence-electron chi connectivity index (χ2n) is 13.2. The summed E-state index contributed by atoms with van der Waals surface area (Å²) in [6.45, 7) is 0. The van der Waals surface area contributed by atoms with Gasteiger partial charge in [-0.15, -0.1) is 0 Å². The summed E-state index contributed by atoms with van der Waals surface area (Å²) < 4.78 is 12.8. The molecule has 242 valence electrons. The first kappa shape index (κ1) is 29.3. The van der Waals surface area contributed by atoms with Gasteiger partial charge in [-0.3, -0.25) is 0 Å². The van der Waals surface area contributed by atoms with Crippen LogP contribution < -0.4 is 4.90 Å². The highest BCUT2D eigenvalue weighted by atomic mass is 16.3. The second kappa shape index (κ2) is 12.1. The predicted octanol–water partition coefficient (Wildman–Crippen LogP) is 13.6. The van der Waals surface area contributed by atoms with E-state index in [1.165, 1.54) is 22.3 Å². The molecule has 0 aliphatic heterocycles. The van der Waals surface area contributed by atoms with Gasteiger partial charge in [-0.2, -0.15) is 0 Å². The third kappa shape index (κ3) is 5.05. The smallest absolute Gasteiger partial charge is 0.143 e. The van der Waals surface area contributed by atoms with Gasteiger partial charge in [0.25, 0.3) is 0 Å². The summed E-state index contributed by atoms with van der Waals surface area (Å²) in [5.41, 5.74) is 12.9. The van der Waals surface area contributed by atoms with Gasteiger partial charge in [-0.1, -0.05) is 133 Å². The standard InChI is InChI=1S/C48H33NO2/c1-2-11-32(12-3-1)33-21-25-35(26-22-33)49(37-29-30-42-40-15-6-8-19-45(40)50-47(42)31-37)36-27-23-34(24-28-36)38-13-4-5-14-39(38)43-17-10-18-44-41-16-7-9-20-46(41)51-48(43)44/h1-23,25-31,34H,24H2. The fourth-order valence-corrected chi connectivity index (χ4v) is 7.76. The molecule has 2 aromatic heterocycles. The van der Waals surface area contributed by atoms with Crippen molar-refractivity contribution in [3.05, 3.63) is 193 Å². The van der Waals surface area contributed by atoms with Gasteiger partial charge in [-0.05, 0) is 71.1 Å². The van der Waals surface area contributed by atoms with Gasteiger partial charge < -0.3 is 13.7 Å². The van der Waals surface area contributed by atoms with Crippen molar-refractivity contribution in [2.75, 3.05) is 4.90 Å². The topological polar surface area (TPSA) is 29.5 Å². The van der Waals surface area contributed by atoms with Crippen molar-refractivity contribution >= 4 is 55.3 Å². The molecule has 0 N–H and O–H groups in total. The summed E-state index contributed by atoms with van der Waals surface area (Å²) in [6.07, 6.45) is 7.88. The summed E-state index contributed by atoms with van der Waals surface area (Å²) >= 11 is 0. The zero-order valence-electron chi connectivity index (χ0n) is 27.9. The molecule has 0 fully saturated rings. The van der Waals surface area contributed by atoms with Gasteiger partial charge in [0.05, 0.1) is 0 Å². The van der Waals surface area contributed by atoms with E-state index in [0.29, 0.717) is 0 Å². The monoisotopic (exact) mass is 655 g/mol. The number of allylic oxidation sites excluding steroid dienone is 3. The maximum Gasteiger partial charge on any atom is 0.143 e. The minimum absolute atomic E-state index is 0.213. The number of para-hydroxylation sites is 3. The van der Waals surface area contributed by atoms with E-state index in [2.05, 4.69) is 163 Å². The van der Waals surface area contributed by atoms with Gasteiger partial charge in [-0.25, -0.2) is 0 Å². The van der Waals surface area contributed by atoms with E-state index >= 15 is 0 Å². The molecule has 1 unspecified atom stereocenters. The second-order valence-corrected chi connectivity index (χ2v) is 13.2. The van der Waals surface area contributed by atoms with E-state index in [4.69, 9.17) is 8.83 Å². The maximum atomic E-state index is 6.47. The molecule has 0 bridgehead atoms. The first-order valence-corrected chi connectivity index (χ1v) is 17.5. The molecule has 1 aliphatic rings.